The zero-order chi connectivity index (χ0) is 24.5. The first-order chi connectivity index (χ1) is 16.1. The van der Waals surface area contributed by atoms with Gasteiger partial charge in [-0.05, 0) is 55.5 Å². The van der Waals surface area contributed by atoms with Crippen LogP contribution in [0.2, 0.25) is 0 Å². The second-order valence-corrected chi connectivity index (χ2v) is 8.46. The Labute approximate surface area is 193 Å². The summed E-state index contributed by atoms with van der Waals surface area (Å²) in [6.07, 6.45) is 0.782. The van der Waals surface area contributed by atoms with E-state index < -0.39 is 17.6 Å². The van der Waals surface area contributed by atoms with Crippen molar-refractivity contribution < 1.29 is 22.4 Å². The van der Waals surface area contributed by atoms with Gasteiger partial charge in [0.2, 0.25) is 0 Å². The summed E-state index contributed by atoms with van der Waals surface area (Å²) in [5.41, 5.74) is -0.108. The Kier molecular flexibility index (Phi) is 6.54. The molecule has 0 aliphatic carbocycles. The Morgan fingerprint density at radius 1 is 1.21 bits per heavy atom. The van der Waals surface area contributed by atoms with Gasteiger partial charge in [0.1, 0.15) is 11.5 Å². The lowest BCUT2D eigenvalue weighted by Gasteiger charge is -2.40. The predicted molar refractivity (Wildman–Crippen MR) is 117 cm³/mol. The molecule has 0 spiro atoms. The first kappa shape index (κ1) is 23.7. The number of piperidine rings is 1. The second-order valence-electron chi connectivity index (χ2n) is 8.46. The Hall–Kier alpha value is -3.50. The number of hydrogen-bond donors (Lipinski definition) is 1. The maximum Gasteiger partial charge on any atom is 0.417 e. The van der Waals surface area contributed by atoms with Crippen molar-refractivity contribution in [3.05, 3.63) is 65.4 Å². The quantitative estimate of drug-likeness (QED) is 0.550. The molecule has 34 heavy (non-hydrogen) atoms. The summed E-state index contributed by atoms with van der Waals surface area (Å²) in [4.78, 5) is 20.3. The summed E-state index contributed by atoms with van der Waals surface area (Å²) in [6, 6.07) is 4.89. The monoisotopic (exact) mass is 476 g/mol. The first-order valence-corrected chi connectivity index (χ1v) is 10.9. The van der Waals surface area contributed by atoms with E-state index in [0.717, 1.165) is 29.9 Å². The van der Waals surface area contributed by atoms with Crippen LogP contribution in [-0.2, 0) is 6.18 Å². The highest BCUT2D eigenvalue weighted by Crippen LogP contribution is 2.30. The van der Waals surface area contributed by atoms with Crippen molar-refractivity contribution >= 4 is 11.7 Å². The smallest absolute Gasteiger partial charge is 0.368 e. The number of amides is 1. The van der Waals surface area contributed by atoms with Gasteiger partial charge in [-0.25, -0.2) is 9.37 Å². The molecule has 0 saturated carbocycles. The average Bonchev–Trinajstić information content (AvgIpc) is 3.31. The van der Waals surface area contributed by atoms with Gasteiger partial charge in [0.25, 0.3) is 5.91 Å². The summed E-state index contributed by atoms with van der Waals surface area (Å²) in [5, 5.41) is 11.0. The minimum atomic E-state index is -4.46. The van der Waals surface area contributed by atoms with Crippen LogP contribution in [0.1, 0.15) is 41.3 Å². The molecular weight excluding hydrogens is 452 g/mol. The largest absolute Gasteiger partial charge is 0.417 e. The number of carbonyl (C=O) groups excluding carboxylic acids is 1. The van der Waals surface area contributed by atoms with Crippen LogP contribution < -0.4 is 5.32 Å². The molecule has 11 heteroatoms. The number of benzene rings is 1. The van der Waals surface area contributed by atoms with Crippen LogP contribution >= 0.6 is 0 Å². The number of rotatable bonds is 5. The van der Waals surface area contributed by atoms with Crippen LogP contribution in [0.3, 0.4) is 0 Å². The van der Waals surface area contributed by atoms with E-state index >= 15 is 0 Å². The van der Waals surface area contributed by atoms with E-state index in [-0.39, 0.29) is 41.5 Å². The number of nitrogens with zero attached hydrogens (tertiary/aromatic N) is 5. The van der Waals surface area contributed by atoms with Crippen molar-refractivity contribution in [2.75, 3.05) is 18.4 Å². The van der Waals surface area contributed by atoms with E-state index in [0.29, 0.717) is 12.1 Å². The number of carbonyl (C=O) groups is 1. The highest BCUT2D eigenvalue weighted by Gasteiger charge is 2.35. The number of nitrogens with one attached hydrogen (secondary N) is 1. The van der Waals surface area contributed by atoms with E-state index in [2.05, 4.69) is 20.5 Å². The maximum atomic E-state index is 14.9. The highest BCUT2D eigenvalue weighted by molar-refractivity contribution is 5.98. The van der Waals surface area contributed by atoms with E-state index in [9.17, 15) is 22.4 Å². The number of aryl methyl sites for hydroxylation is 1. The van der Waals surface area contributed by atoms with E-state index in [1.165, 1.54) is 24.5 Å². The third kappa shape index (κ3) is 4.87. The number of aromatic nitrogens is 4. The van der Waals surface area contributed by atoms with Gasteiger partial charge >= 0.3 is 6.18 Å². The molecule has 3 aromatic rings. The Morgan fingerprint density at radius 2 is 1.94 bits per heavy atom. The molecule has 1 amide bonds. The molecule has 1 N–H and O–H groups in total. The Bertz CT molecular complexity index is 1150. The van der Waals surface area contributed by atoms with Gasteiger partial charge < -0.3 is 10.2 Å². The standard InChI is InChI=1S/C23H24F4N6O/c1-14-10-17(21(18(24)11-14)33-30-7-8-31-33)22(34)32-9-3-4-15(2)19(32)13-29-20-6-5-16(12-28-20)23(25,26)27/h5-8,10-12,15,19H,3-4,9,13H2,1-2H3,(H,28,29)/t15-,19-/m1/s1. The topological polar surface area (TPSA) is 75.9 Å². The third-order valence-corrected chi connectivity index (χ3v) is 6.02. The number of hydrogen-bond acceptors (Lipinski definition) is 5. The van der Waals surface area contributed by atoms with Gasteiger partial charge in [-0.1, -0.05) is 6.92 Å². The minimum Gasteiger partial charge on any atom is -0.368 e. The fourth-order valence-electron chi connectivity index (χ4n) is 4.27. The predicted octanol–water partition coefficient (Wildman–Crippen LogP) is 4.48. The van der Waals surface area contributed by atoms with Crippen molar-refractivity contribution in [1.82, 2.24) is 24.9 Å². The van der Waals surface area contributed by atoms with Crippen LogP contribution in [0.15, 0.2) is 42.9 Å². The fourth-order valence-corrected chi connectivity index (χ4v) is 4.27. The molecule has 0 radical (unpaired) electrons. The fraction of sp³-hybridized carbons (Fsp3) is 0.391. The highest BCUT2D eigenvalue weighted by atomic mass is 19.4. The summed E-state index contributed by atoms with van der Waals surface area (Å²) >= 11 is 0. The molecule has 0 unspecified atom stereocenters. The number of pyridine rings is 1. The molecule has 1 aromatic carbocycles. The van der Waals surface area contributed by atoms with Crippen molar-refractivity contribution in [1.29, 1.82) is 0 Å². The molecule has 1 aliphatic rings. The first-order valence-electron chi connectivity index (χ1n) is 10.9. The molecule has 1 aliphatic heterocycles. The summed E-state index contributed by atoms with van der Waals surface area (Å²) in [7, 11) is 0. The molecule has 1 fully saturated rings. The zero-order valence-corrected chi connectivity index (χ0v) is 18.7. The summed E-state index contributed by atoms with van der Waals surface area (Å²) < 4.78 is 53.3. The average molecular weight is 476 g/mol. The number of halogens is 4. The van der Waals surface area contributed by atoms with Crippen LogP contribution in [0.25, 0.3) is 5.69 Å². The van der Waals surface area contributed by atoms with Gasteiger partial charge in [0.15, 0.2) is 5.82 Å². The third-order valence-electron chi connectivity index (χ3n) is 6.02. The summed E-state index contributed by atoms with van der Waals surface area (Å²) in [6.45, 7) is 4.47. The number of anilines is 1. The van der Waals surface area contributed by atoms with Crippen molar-refractivity contribution in [3.63, 3.8) is 0 Å². The van der Waals surface area contributed by atoms with Gasteiger partial charge in [-0.15, -0.1) is 4.80 Å². The molecule has 4 rings (SSSR count). The molecule has 7 nitrogen and oxygen atoms in total. The van der Waals surface area contributed by atoms with Crippen molar-refractivity contribution in [3.8, 4) is 5.69 Å². The van der Waals surface area contributed by atoms with E-state index in [4.69, 9.17) is 0 Å². The minimum absolute atomic E-state index is 0.0186. The van der Waals surface area contributed by atoms with Gasteiger partial charge in [0.05, 0.1) is 29.6 Å². The Balaban J connectivity index is 1.59. The molecule has 180 valence electrons. The number of likely N-dealkylation sites (tertiary alicyclic amines) is 1. The lowest BCUT2D eigenvalue weighted by atomic mass is 9.89. The van der Waals surface area contributed by atoms with Crippen LogP contribution in [0, 0.1) is 18.7 Å². The maximum absolute atomic E-state index is 14.9. The van der Waals surface area contributed by atoms with Crippen molar-refractivity contribution in [2.24, 2.45) is 5.92 Å². The molecule has 2 aromatic heterocycles. The SMILES string of the molecule is Cc1cc(F)c(-n2nccn2)c(C(=O)N2CCC[C@@H](C)[C@H]2CNc2ccc(C(F)(F)F)cn2)c1. The van der Waals surface area contributed by atoms with Crippen LogP contribution in [0.5, 0.6) is 0 Å². The second kappa shape index (κ2) is 9.40. The van der Waals surface area contributed by atoms with Crippen molar-refractivity contribution in [2.45, 2.75) is 38.9 Å². The van der Waals surface area contributed by atoms with Gasteiger partial charge in [-0.2, -0.15) is 23.4 Å². The van der Waals surface area contributed by atoms with E-state index in [1.54, 1.807) is 17.9 Å². The van der Waals surface area contributed by atoms with E-state index in [1.807, 2.05) is 6.92 Å². The normalized spacial score (nSPS) is 18.7. The summed E-state index contributed by atoms with van der Waals surface area (Å²) in [5.74, 6) is -0.566. The lowest BCUT2D eigenvalue weighted by Crippen LogP contribution is -2.51. The Morgan fingerprint density at radius 3 is 2.59 bits per heavy atom. The molecule has 2 atom stereocenters. The lowest BCUT2D eigenvalue weighted by molar-refractivity contribution is -0.137. The van der Waals surface area contributed by atoms with Gasteiger partial charge in [-0.3, -0.25) is 4.79 Å². The van der Waals surface area contributed by atoms with Crippen LogP contribution in [-0.4, -0.2) is 49.9 Å². The zero-order valence-electron chi connectivity index (χ0n) is 18.7. The molecule has 0 bridgehead atoms. The molecule has 3 heterocycles. The molecule has 1 saturated heterocycles. The number of alkyl halides is 3. The van der Waals surface area contributed by atoms with Crippen LogP contribution in [0.4, 0.5) is 23.4 Å². The molecular formula is C23H24F4N6O. The van der Waals surface area contributed by atoms with Gasteiger partial charge in [0, 0.05) is 19.3 Å².